The van der Waals surface area contributed by atoms with Crippen molar-refractivity contribution in [2.24, 2.45) is 0 Å². The zero-order chi connectivity index (χ0) is 12.4. The Morgan fingerprint density at radius 1 is 1.29 bits per heavy atom. The van der Waals surface area contributed by atoms with Crippen molar-refractivity contribution >= 4 is 33.2 Å². The Morgan fingerprint density at radius 2 is 2.06 bits per heavy atom. The third-order valence-electron chi connectivity index (χ3n) is 2.52. The van der Waals surface area contributed by atoms with Crippen molar-refractivity contribution in [3.05, 3.63) is 51.3 Å². The van der Waals surface area contributed by atoms with Crippen LogP contribution in [0.5, 0.6) is 0 Å². The van der Waals surface area contributed by atoms with E-state index < -0.39 is 0 Å². The molecule has 0 aliphatic rings. The van der Waals surface area contributed by atoms with Gasteiger partial charge in [0.15, 0.2) is 4.67 Å². The van der Waals surface area contributed by atoms with E-state index in [1.807, 2.05) is 44.2 Å². The van der Waals surface area contributed by atoms with Crippen LogP contribution in [0.4, 0.5) is 5.69 Å². The maximum Gasteiger partial charge on any atom is 0.169 e. The van der Waals surface area contributed by atoms with Gasteiger partial charge in [0.2, 0.25) is 0 Å². The van der Waals surface area contributed by atoms with Crippen LogP contribution < -0.4 is 5.32 Å². The molecule has 1 aromatic carbocycles. The summed E-state index contributed by atoms with van der Waals surface area (Å²) in [6, 6.07) is 9.83. The van der Waals surface area contributed by atoms with Gasteiger partial charge in [-0.3, -0.25) is 0 Å². The Hall–Kier alpha value is -0.930. The molecule has 17 heavy (non-hydrogen) atoms. The molecule has 1 N–H and O–H groups in total. The predicted octanol–water partition coefficient (Wildman–Crippen LogP) is 5.18. The van der Waals surface area contributed by atoms with Gasteiger partial charge in [-0.05, 0) is 59.6 Å². The van der Waals surface area contributed by atoms with Crippen LogP contribution in [0.15, 0.2) is 39.4 Å². The molecule has 2 rings (SSSR count). The lowest BCUT2D eigenvalue weighted by molar-refractivity contribution is 0.471. The molecule has 0 amide bonds. The number of halogens is 2. The molecule has 0 saturated carbocycles. The summed E-state index contributed by atoms with van der Waals surface area (Å²) in [5.41, 5.74) is 2.06. The zero-order valence-electron chi connectivity index (χ0n) is 9.63. The summed E-state index contributed by atoms with van der Waals surface area (Å²) >= 11 is 9.45. The molecule has 1 atom stereocenters. The number of rotatable bonds is 3. The minimum Gasteiger partial charge on any atom is -0.452 e. The molecule has 1 unspecified atom stereocenters. The summed E-state index contributed by atoms with van der Waals surface area (Å²) in [5.74, 6) is 0.869. The van der Waals surface area contributed by atoms with Crippen LogP contribution in [0.2, 0.25) is 5.02 Å². The Balaban J connectivity index is 2.15. The van der Waals surface area contributed by atoms with Gasteiger partial charge < -0.3 is 9.73 Å². The minimum absolute atomic E-state index is 0.0708. The summed E-state index contributed by atoms with van der Waals surface area (Å²) in [6.45, 7) is 4.05. The normalized spacial score (nSPS) is 12.5. The van der Waals surface area contributed by atoms with Crippen molar-refractivity contribution in [2.75, 3.05) is 5.32 Å². The fourth-order valence-corrected chi connectivity index (χ4v) is 2.21. The van der Waals surface area contributed by atoms with Crippen LogP contribution in [0.25, 0.3) is 0 Å². The lowest BCUT2D eigenvalue weighted by Crippen LogP contribution is -2.05. The van der Waals surface area contributed by atoms with Crippen molar-refractivity contribution in [2.45, 2.75) is 19.9 Å². The summed E-state index contributed by atoms with van der Waals surface area (Å²) in [5, 5.41) is 4.04. The number of hydrogen-bond donors (Lipinski definition) is 1. The highest BCUT2D eigenvalue weighted by Gasteiger charge is 2.11. The first-order valence-corrected chi connectivity index (χ1v) is 6.51. The molecule has 0 saturated heterocycles. The number of furan rings is 1. The van der Waals surface area contributed by atoms with Gasteiger partial charge in [-0.1, -0.05) is 17.7 Å². The van der Waals surface area contributed by atoms with Gasteiger partial charge >= 0.3 is 0 Å². The number of nitrogens with one attached hydrogen (secondary N) is 1. The molecule has 0 spiro atoms. The summed E-state index contributed by atoms with van der Waals surface area (Å²) in [6.07, 6.45) is 0. The molecule has 0 aliphatic heterocycles. The largest absolute Gasteiger partial charge is 0.452 e. The van der Waals surface area contributed by atoms with E-state index in [0.29, 0.717) is 0 Å². The SMILES string of the molecule is Cc1ccc(NC(C)c2ccc(Br)o2)c(Cl)c1. The van der Waals surface area contributed by atoms with E-state index in [-0.39, 0.29) is 6.04 Å². The summed E-state index contributed by atoms with van der Waals surface area (Å²) < 4.78 is 6.22. The lowest BCUT2D eigenvalue weighted by Gasteiger charge is -2.14. The third-order valence-corrected chi connectivity index (χ3v) is 3.26. The molecule has 90 valence electrons. The molecule has 2 aromatic rings. The van der Waals surface area contributed by atoms with Gasteiger partial charge in [0, 0.05) is 0 Å². The molecule has 0 radical (unpaired) electrons. The molecule has 2 nitrogen and oxygen atoms in total. The Morgan fingerprint density at radius 3 is 2.65 bits per heavy atom. The number of aryl methyl sites for hydroxylation is 1. The predicted molar refractivity (Wildman–Crippen MR) is 74.6 cm³/mol. The molecule has 0 fully saturated rings. The zero-order valence-corrected chi connectivity index (χ0v) is 12.0. The number of benzene rings is 1. The minimum atomic E-state index is 0.0708. The fraction of sp³-hybridized carbons (Fsp3) is 0.231. The number of anilines is 1. The lowest BCUT2D eigenvalue weighted by atomic mass is 10.2. The van der Waals surface area contributed by atoms with Crippen LogP contribution in [0.1, 0.15) is 24.3 Å². The third kappa shape index (κ3) is 3.05. The molecule has 0 aliphatic carbocycles. The summed E-state index contributed by atoms with van der Waals surface area (Å²) in [7, 11) is 0. The molecular weight excluding hydrogens is 302 g/mol. The topological polar surface area (TPSA) is 25.2 Å². The van der Waals surface area contributed by atoms with Crippen LogP contribution in [0.3, 0.4) is 0 Å². The smallest absolute Gasteiger partial charge is 0.169 e. The first kappa shape index (κ1) is 12.5. The van der Waals surface area contributed by atoms with Gasteiger partial charge in [0.1, 0.15) is 5.76 Å². The van der Waals surface area contributed by atoms with Crippen LogP contribution in [-0.2, 0) is 0 Å². The second-order valence-corrected chi connectivity index (χ2v) is 5.18. The van der Waals surface area contributed by atoms with Crippen molar-refractivity contribution < 1.29 is 4.42 Å². The maximum absolute atomic E-state index is 6.16. The second-order valence-electron chi connectivity index (χ2n) is 3.99. The number of hydrogen-bond acceptors (Lipinski definition) is 2. The van der Waals surface area contributed by atoms with E-state index in [1.165, 1.54) is 0 Å². The highest BCUT2D eigenvalue weighted by atomic mass is 79.9. The average molecular weight is 315 g/mol. The average Bonchev–Trinajstić information content (AvgIpc) is 2.69. The van der Waals surface area contributed by atoms with Gasteiger partial charge in [0.25, 0.3) is 0 Å². The second kappa shape index (κ2) is 5.15. The van der Waals surface area contributed by atoms with Gasteiger partial charge in [0.05, 0.1) is 16.8 Å². The first-order chi connectivity index (χ1) is 8.06. The maximum atomic E-state index is 6.16. The Kier molecular flexibility index (Phi) is 3.79. The van der Waals surface area contributed by atoms with Gasteiger partial charge in [-0.25, -0.2) is 0 Å². The monoisotopic (exact) mass is 313 g/mol. The fourth-order valence-electron chi connectivity index (χ4n) is 1.60. The van der Waals surface area contributed by atoms with E-state index in [4.69, 9.17) is 16.0 Å². The van der Waals surface area contributed by atoms with E-state index in [0.717, 1.165) is 26.7 Å². The van der Waals surface area contributed by atoms with Crippen LogP contribution in [0, 0.1) is 6.92 Å². The molecule has 1 aromatic heterocycles. The summed E-state index contributed by atoms with van der Waals surface area (Å²) in [4.78, 5) is 0. The van der Waals surface area contributed by atoms with Crippen LogP contribution in [-0.4, -0.2) is 0 Å². The van der Waals surface area contributed by atoms with Crippen molar-refractivity contribution in [1.29, 1.82) is 0 Å². The van der Waals surface area contributed by atoms with E-state index in [2.05, 4.69) is 21.2 Å². The quantitative estimate of drug-likeness (QED) is 0.844. The van der Waals surface area contributed by atoms with E-state index >= 15 is 0 Å². The van der Waals surface area contributed by atoms with Crippen molar-refractivity contribution in [3.8, 4) is 0 Å². The van der Waals surface area contributed by atoms with Crippen molar-refractivity contribution in [3.63, 3.8) is 0 Å². The molecular formula is C13H13BrClNO. The highest BCUT2D eigenvalue weighted by molar-refractivity contribution is 9.10. The molecule has 4 heteroatoms. The molecule has 1 heterocycles. The standard InChI is InChI=1S/C13H13BrClNO/c1-8-3-4-11(10(15)7-8)16-9(2)12-5-6-13(14)17-12/h3-7,9,16H,1-2H3. The van der Waals surface area contributed by atoms with Crippen LogP contribution >= 0.6 is 27.5 Å². The Bertz CT molecular complexity index is 524. The first-order valence-electron chi connectivity index (χ1n) is 5.34. The Labute approximate surface area is 114 Å². The van der Waals surface area contributed by atoms with Gasteiger partial charge in [-0.15, -0.1) is 0 Å². The van der Waals surface area contributed by atoms with E-state index in [1.54, 1.807) is 0 Å². The van der Waals surface area contributed by atoms with E-state index in [9.17, 15) is 0 Å². The molecule has 0 bridgehead atoms. The van der Waals surface area contributed by atoms with Crippen molar-refractivity contribution in [1.82, 2.24) is 0 Å². The van der Waals surface area contributed by atoms with Gasteiger partial charge in [-0.2, -0.15) is 0 Å². The highest BCUT2D eigenvalue weighted by Crippen LogP contribution is 2.28.